The molecule has 1 atom stereocenters. The molecule has 102 valence electrons. The number of carbonyl (C=O) groups is 1. The zero-order chi connectivity index (χ0) is 11.4. The number of halogens is 2. The summed E-state index contributed by atoms with van der Waals surface area (Å²) < 4.78 is 0. The summed E-state index contributed by atoms with van der Waals surface area (Å²) in [5.41, 5.74) is 1.20. The van der Waals surface area contributed by atoms with Gasteiger partial charge in [-0.15, -0.1) is 24.8 Å². The van der Waals surface area contributed by atoms with E-state index < -0.39 is 0 Å². The molecular weight excluding hydrogens is 275 g/mol. The minimum atomic E-state index is -0.138. The molecule has 1 aromatic heterocycles. The molecule has 0 radical (unpaired) electrons. The highest BCUT2D eigenvalue weighted by Crippen LogP contribution is 2.02. The van der Waals surface area contributed by atoms with Gasteiger partial charge in [0.25, 0.3) is 5.91 Å². The quantitative estimate of drug-likeness (QED) is 0.857. The van der Waals surface area contributed by atoms with E-state index in [1.54, 1.807) is 6.20 Å². The molecule has 0 aromatic carbocycles. The van der Waals surface area contributed by atoms with E-state index in [1.165, 1.54) is 6.20 Å². The van der Waals surface area contributed by atoms with Crippen LogP contribution in [-0.4, -0.2) is 35.0 Å². The van der Waals surface area contributed by atoms with E-state index in [1.807, 2.05) is 6.92 Å². The first-order valence-corrected chi connectivity index (χ1v) is 5.56. The molecule has 0 spiro atoms. The molecule has 7 heteroatoms. The molecule has 0 aliphatic carbocycles. The highest BCUT2D eigenvalue weighted by Gasteiger charge is 2.16. The summed E-state index contributed by atoms with van der Waals surface area (Å²) in [5.74, 6) is -0.138. The Morgan fingerprint density at radius 3 is 2.72 bits per heavy atom. The van der Waals surface area contributed by atoms with E-state index >= 15 is 0 Å². The van der Waals surface area contributed by atoms with Crippen molar-refractivity contribution in [1.82, 2.24) is 20.6 Å². The molecule has 1 saturated heterocycles. The average Bonchev–Trinajstić information content (AvgIpc) is 2.31. The molecule has 0 bridgehead atoms. The van der Waals surface area contributed by atoms with E-state index in [2.05, 4.69) is 20.6 Å². The van der Waals surface area contributed by atoms with Gasteiger partial charge >= 0.3 is 0 Å². The Labute approximate surface area is 119 Å². The largest absolute Gasteiger partial charge is 0.347 e. The van der Waals surface area contributed by atoms with Gasteiger partial charge in [-0.2, -0.15) is 0 Å². The van der Waals surface area contributed by atoms with Crippen LogP contribution in [0.2, 0.25) is 0 Å². The third-order valence-electron chi connectivity index (χ3n) is 2.65. The van der Waals surface area contributed by atoms with Gasteiger partial charge in [0.1, 0.15) is 5.69 Å². The molecule has 2 heterocycles. The van der Waals surface area contributed by atoms with E-state index in [-0.39, 0.29) is 36.8 Å². The standard InChI is InChI=1S/C11H16N4O.2ClH/c1-8-5-14-10(7-13-8)11(16)15-9-3-2-4-12-6-9;;/h5,7,9,12H,2-4,6H2,1H3,(H,15,16);2*1H. The van der Waals surface area contributed by atoms with Crippen LogP contribution in [0.1, 0.15) is 29.0 Å². The molecule has 2 rings (SSSR count). The second-order valence-electron chi connectivity index (χ2n) is 4.06. The van der Waals surface area contributed by atoms with Crippen LogP contribution in [0.3, 0.4) is 0 Å². The second kappa shape index (κ2) is 8.24. The number of nitrogens with zero attached hydrogens (tertiary/aromatic N) is 2. The number of hydrogen-bond acceptors (Lipinski definition) is 4. The number of nitrogens with one attached hydrogen (secondary N) is 2. The number of aryl methyl sites for hydroxylation is 1. The molecule has 1 aliphatic heterocycles. The lowest BCUT2D eigenvalue weighted by atomic mass is 10.1. The molecule has 18 heavy (non-hydrogen) atoms. The minimum absolute atomic E-state index is 0. The fourth-order valence-electron chi connectivity index (χ4n) is 1.74. The fraction of sp³-hybridized carbons (Fsp3) is 0.545. The predicted octanol–water partition coefficient (Wildman–Crippen LogP) is 1.11. The summed E-state index contributed by atoms with van der Waals surface area (Å²) in [6.45, 7) is 3.72. The van der Waals surface area contributed by atoms with Crippen molar-refractivity contribution in [3.05, 3.63) is 23.8 Å². The molecule has 0 saturated carbocycles. The molecule has 2 N–H and O–H groups in total. The van der Waals surface area contributed by atoms with Gasteiger partial charge in [0, 0.05) is 18.8 Å². The van der Waals surface area contributed by atoms with Crippen molar-refractivity contribution in [2.75, 3.05) is 13.1 Å². The molecule has 1 unspecified atom stereocenters. The highest BCUT2D eigenvalue weighted by atomic mass is 35.5. The Balaban J connectivity index is 0.00000144. The van der Waals surface area contributed by atoms with Gasteiger partial charge in [0.2, 0.25) is 0 Å². The topological polar surface area (TPSA) is 66.9 Å². The van der Waals surface area contributed by atoms with Crippen LogP contribution in [0.4, 0.5) is 0 Å². The second-order valence-corrected chi connectivity index (χ2v) is 4.06. The summed E-state index contributed by atoms with van der Waals surface area (Å²) in [5, 5.41) is 6.20. The average molecular weight is 293 g/mol. The Kier molecular flexibility index (Phi) is 7.82. The summed E-state index contributed by atoms with van der Waals surface area (Å²) in [6, 6.07) is 0.212. The minimum Gasteiger partial charge on any atom is -0.347 e. The zero-order valence-electron chi connectivity index (χ0n) is 10.2. The van der Waals surface area contributed by atoms with Gasteiger partial charge in [0.05, 0.1) is 11.9 Å². The van der Waals surface area contributed by atoms with Crippen molar-refractivity contribution in [3.8, 4) is 0 Å². The summed E-state index contributed by atoms with van der Waals surface area (Å²) in [7, 11) is 0. The van der Waals surface area contributed by atoms with Crippen molar-refractivity contribution in [1.29, 1.82) is 0 Å². The van der Waals surface area contributed by atoms with Crippen LogP contribution in [-0.2, 0) is 0 Å². The Hall–Kier alpha value is -0.910. The van der Waals surface area contributed by atoms with Crippen molar-refractivity contribution in [2.24, 2.45) is 0 Å². The normalized spacial score (nSPS) is 18.2. The number of carbonyl (C=O) groups excluding carboxylic acids is 1. The smallest absolute Gasteiger partial charge is 0.271 e. The van der Waals surface area contributed by atoms with Gasteiger partial charge < -0.3 is 10.6 Å². The van der Waals surface area contributed by atoms with Crippen LogP contribution in [0.25, 0.3) is 0 Å². The third-order valence-corrected chi connectivity index (χ3v) is 2.65. The lowest BCUT2D eigenvalue weighted by Gasteiger charge is -2.23. The molecule has 1 fully saturated rings. The highest BCUT2D eigenvalue weighted by molar-refractivity contribution is 5.92. The van der Waals surface area contributed by atoms with Crippen LogP contribution >= 0.6 is 24.8 Å². The van der Waals surface area contributed by atoms with E-state index in [0.29, 0.717) is 5.69 Å². The molecule has 1 aliphatic rings. The van der Waals surface area contributed by atoms with Crippen molar-refractivity contribution >= 4 is 30.7 Å². The molecule has 5 nitrogen and oxygen atoms in total. The van der Waals surface area contributed by atoms with Crippen molar-refractivity contribution in [3.63, 3.8) is 0 Å². The summed E-state index contributed by atoms with van der Waals surface area (Å²) >= 11 is 0. The van der Waals surface area contributed by atoms with Gasteiger partial charge in [-0.1, -0.05) is 0 Å². The number of hydrogen-bond donors (Lipinski definition) is 2. The lowest BCUT2D eigenvalue weighted by Crippen LogP contribution is -2.45. The van der Waals surface area contributed by atoms with Crippen LogP contribution in [0, 0.1) is 6.92 Å². The SMILES string of the molecule is Cc1cnc(C(=O)NC2CCCNC2)cn1.Cl.Cl. The number of piperidine rings is 1. The number of rotatable bonds is 2. The monoisotopic (exact) mass is 292 g/mol. The molecular formula is C11H18Cl2N4O. The van der Waals surface area contributed by atoms with Crippen molar-refractivity contribution < 1.29 is 4.79 Å². The summed E-state index contributed by atoms with van der Waals surface area (Å²) in [4.78, 5) is 19.9. The maximum absolute atomic E-state index is 11.8. The Morgan fingerprint density at radius 2 is 2.17 bits per heavy atom. The van der Waals surface area contributed by atoms with Gasteiger partial charge in [-0.05, 0) is 26.3 Å². The Bertz CT molecular complexity index is 366. The van der Waals surface area contributed by atoms with Crippen LogP contribution in [0.15, 0.2) is 12.4 Å². The summed E-state index contributed by atoms with van der Waals surface area (Å²) in [6.07, 6.45) is 5.25. The van der Waals surface area contributed by atoms with E-state index in [0.717, 1.165) is 31.6 Å². The van der Waals surface area contributed by atoms with Gasteiger partial charge in [-0.3, -0.25) is 9.78 Å². The zero-order valence-corrected chi connectivity index (χ0v) is 11.8. The maximum Gasteiger partial charge on any atom is 0.271 e. The van der Waals surface area contributed by atoms with Crippen LogP contribution in [0.5, 0.6) is 0 Å². The van der Waals surface area contributed by atoms with Gasteiger partial charge in [0.15, 0.2) is 0 Å². The fourth-order valence-corrected chi connectivity index (χ4v) is 1.74. The number of aromatic nitrogens is 2. The van der Waals surface area contributed by atoms with Gasteiger partial charge in [-0.25, -0.2) is 4.98 Å². The molecule has 1 aromatic rings. The first-order valence-electron chi connectivity index (χ1n) is 5.56. The first kappa shape index (κ1) is 17.1. The number of amides is 1. The predicted molar refractivity (Wildman–Crippen MR) is 74.6 cm³/mol. The lowest BCUT2D eigenvalue weighted by molar-refractivity contribution is 0.0925. The third kappa shape index (κ3) is 4.76. The van der Waals surface area contributed by atoms with E-state index in [9.17, 15) is 4.79 Å². The van der Waals surface area contributed by atoms with E-state index in [4.69, 9.17) is 0 Å². The van der Waals surface area contributed by atoms with Crippen molar-refractivity contribution in [2.45, 2.75) is 25.8 Å². The van der Waals surface area contributed by atoms with Crippen LogP contribution < -0.4 is 10.6 Å². The molecule has 1 amide bonds. The Morgan fingerprint density at radius 1 is 1.39 bits per heavy atom. The maximum atomic E-state index is 11.8. The first-order chi connectivity index (χ1) is 7.75.